The maximum atomic E-state index is 11.9. The molecule has 0 unspecified atom stereocenters. The number of para-hydroxylation sites is 2. The highest BCUT2D eigenvalue weighted by Crippen LogP contribution is 2.24. The van der Waals surface area contributed by atoms with Crippen molar-refractivity contribution in [1.82, 2.24) is 20.2 Å². The first-order chi connectivity index (χ1) is 12.2. The second-order valence-electron chi connectivity index (χ2n) is 6.15. The summed E-state index contributed by atoms with van der Waals surface area (Å²) in [5.74, 6) is 0.922. The van der Waals surface area contributed by atoms with Gasteiger partial charge in [-0.25, -0.2) is 9.78 Å². The fourth-order valence-electron chi connectivity index (χ4n) is 2.77. The molecule has 2 N–H and O–H groups in total. The topological polar surface area (TPSA) is 59.0 Å². The number of carbonyl (C=O) groups excluding carboxylic acids is 1. The number of benzene rings is 2. The van der Waals surface area contributed by atoms with E-state index in [2.05, 4.69) is 40.3 Å². The Balaban J connectivity index is 1.79. The Morgan fingerprint density at radius 3 is 2.60 bits per heavy atom. The lowest BCUT2D eigenvalue weighted by Crippen LogP contribution is -2.41. The quantitative estimate of drug-likeness (QED) is 0.719. The summed E-state index contributed by atoms with van der Waals surface area (Å²) >= 11 is 0. The zero-order valence-corrected chi connectivity index (χ0v) is 14.7. The number of hydrogen-bond donors (Lipinski definition) is 2. The lowest BCUT2D eigenvalue weighted by atomic mass is 10.2. The van der Waals surface area contributed by atoms with Crippen molar-refractivity contribution in [3.63, 3.8) is 0 Å². The Kier molecular flexibility index (Phi) is 5.33. The van der Waals surface area contributed by atoms with Crippen LogP contribution in [0.2, 0.25) is 0 Å². The van der Waals surface area contributed by atoms with Gasteiger partial charge in [-0.2, -0.15) is 0 Å². The van der Waals surface area contributed by atoms with Gasteiger partial charge in [-0.15, -0.1) is 0 Å². The molecule has 0 saturated heterocycles. The number of urea groups is 1. The molecule has 1 atom stereocenters. The molecule has 0 fully saturated rings. The third kappa shape index (κ3) is 3.99. The summed E-state index contributed by atoms with van der Waals surface area (Å²) in [4.78, 5) is 16.7. The zero-order valence-electron chi connectivity index (χ0n) is 14.7. The smallest absolute Gasteiger partial charge is 0.315 e. The molecule has 0 spiro atoms. The molecule has 2 aromatic carbocycles. The van der Waals surface area contributed by atoms with Crippen molar-refractivity contribution in [3.8, 4) is 11.4 Å². The summed E-state index contributed by atoms with van der Waals surface area (Å²) in [6.07, 6.45) is 0.914. The van der Waals surface area contributed by atoms with Crippen molar-refractivity contribution in [2.45, 2.75) is 32.9 Å². The number of amides is 2. The van der Waals surface area contributed by atoms with Crippen LogP contribution in [0, 0.1) is 0 Å². The molecule has 0 radical (unpaired) electrons. The standard InChI is InChI=1S/C20H24N4O/c1-3-15(2)22-20(25)21-13-14-24-18-12-8-7-11-17(18)23-19(24)16-9-5-4-6-10-16/h4-12,15H,3,13-14H2,1-2H3,(H2,21,22,25)/t15-/m0/s1. The first kappa shape index (κ1) is 17.0. The fourth-order valence-corrected chi connectivity index (χ4v) is 2.77. The van der Waals surface area contributed by atoms with Crippen molar-refractivity contribution in [2.75, 3.05) is 6.54 Å². The van der Waals surface area contributed by atoms with Crippen molar-refractivity contribution >= 4 is 17.1 Å². The summed E-state index contributed by atoms with van der Waals surface area (Å²) in [5.41, 5.74) is 3.11. The van der Waals surface area contributed by atoms with Gasteiger partial charge in [0.15, 0.2) is 0 Å². The van der Waals surface area contributed by atoms with Crippen LogP contribution in [0.1, 0.15) is 20.3 Å². The van der Waals surface area contributed by atoms with Crippen molar-refractivity contribution in [1.29, 1.82) is 0 Å². The number of nitrogens with one attached hydrogen (secondary N) is 2. The molecule has 0 bridgehead atoms. The first-order valence-electron chi connectivity index (χ1n) is 8.74. The SMILES string of the molecule is CC[C@H](C)NC(=O)NCCn1c(-c2ccccc2)nc2ccccc21. The van der Waals surface area contributed by atoms with E-state index in [1.807, 2.05) is 43.3 Å². The van der Waals surface area contributed by atoms with Gasteiger partial charge in [0.1, 0.15) is 5.82 Å². The number of aromatic nitrogens is 2. The Morgan fingerprint density at radius 2 is 1.84 bits per heavy atom. The summed E-state index contributed by atoms with van der Waals surface area (Å²) < 4.78 is 2.16. The van der Waals surface area contributed by atoms with Gasteiger partial charge < -0.3 is 15.2 Å². The lowest BCUT2D eigenvalue weighted by molar-refractivity contribution is 0.237. The van der Waals surface area contributed by atoms with Crippen LogP contribution in [0.25, 0.3) is 22.4 Å². The molecule has 1 aromatic heterocycles. The van der Waals surface area contributed by atoms with Crippen LogP contribution in [0.15, 0.2) is 54.6 Å². The molecule has 25 heavy (non-hydrogen) atoms. The van der Waals surface area contributed by atoms with E-state index in [-0.39, 0.29) is 12.1 Å². The molecule has 130 valence electrons. The van der Waals surface area contributed by atoms with Gasteiger partial charge >= 0.3 is 6.03 Å². The van der Waals surface area contributed by atoms with E-state index in [1.165, 1.54) is 0 Å². The van der Waals surface area contributed by atoms with E-state index in [9.17, 15) is 4.79 Å². The van der Waals surface area contributed by atoms with Gasteiger partial charge in [0.25, 0.3) is 0 Å². The minimum atomic E-state index is -0.125. The van der Waals surface area contributed by atoms with E-state index >= 15 is 0 Å². The summed E-state index contributed by atoms with van der Waals surface area (Å²) in [6, 6.07) is 18.3. The molecule has 0 aliphatic rings. The van der Waals surface area contributed by atoms with Gasteiger partial charge in [0.2, 0.25) is 0 Å². The summed E-state index contributed by atoms with van der Waals surface area (Å²) in [7, 11) is 0. The van der Waals surface area contributed by atoms with E-state index < -0.39 is 0 Å². The highest BCUT2D eigenvalue weighted by Gasteiger charge is 2.12. The van der Waals surface area contributed by atoms with E-state index in [0.29, 0.717) is 13.1 Å². The second-order valence-corrected chi connectivity index (χ2v) is 6.15. The first-order valence-corrected chi connectivity index (χ1v) is 8.74. The average Bonchev–Trinajstić information content (AvgIpc) is 3.01. The molecule has 0 aliphatic heterocycles. The number of imidazole rings is 1. The molecule has 1 heterocycles. The third-order valence-electron chi connectivity index (χ3n) is 4.30. The normalized spacial score (nSPS) is 12.1. The van der Waals surface area contributed by atoms with Crippen LogP contribution < -0.4 is 10.6 Å². The molecular formula is C20H24N4O. The number of nitrogens with zero attached hydrogens (tertiary/aromatic N) is 2. The van der Waals surface area contributed by atoms with Crippen LogP contribution in [-0.4, -0.2) is 28.2 Å². The molecule has 5 heteroatoms. The van der Waals surface area contributed by atoms with E-state index in [0.717, 1.165) is 28.8 Å². The number of carbonyl (C=O) groups is 1. The van der Waals surface area contributed by atoms with Crippen LogP contribution >= 0.6 is 0 Å². The summed E-state index contributed by atoms with van der Waals surface area (Å²) in [6.45, 7) is 5.26. The maximum absolute atomic E-state index is 11.9. The van der Waals surface area contributed by atoms with Crippen LogP contribution in [0.4, 0.5) is 4.79 Å². The third-order valence-corrected chi connectivity index (χ3v) is 4.30. The summed E-state index contributed by atoms with van der Waals surface area (Å²) in [5, 5.41) is 5.85. The number of fused-ring (bicyclic) bond motifs is 1. The van der Waals surface area contributed by atoms with Gasteiger partial charge in [-0.1, -0.05) is 49.4 Å². The molecule has 3 rings (SSSR count). The Morgan fingerprint density at radius 1 is 1.12 bits per heavy atom. The van der Waals surface area contributed by atoms with Gasteiger partial charge in [0, 0.05) is 24.7 Å². The van der Waals surface area contributed by atoms with Gasteiger partial charge in [0.05, 0.1) is 11.0 Å². The Labute approximate surface area is 148 Å². The minimum Gasteiger partial charge on any atom is -0.336 e. The fraction of sp³-hybridized carbons (Fsp3) is 0.300. The maximum Gasteiger partial charge on any atom is 0.315 e. The largest absolute Gasteiger partial charge is 0.336 e. The Bertz CT molecular complexity index is 841. The molecular weight excluding hydrogens is 312 g/mol. The highest BCUT2D eigenvalue weighted by molar-refractivity contribution is 5.80. The minimum absolute atomic E-state index is 0.125. The van der Waals surface area contributed by atoms with Crippen LogP contribution in [-0.2, 0) is 6.54 Å². The zero-order chi connectivity index (χ0) is 17.6. The molecule has 2 amide bonds. The van der Waals surface area contributed by atoms with E-state index in [4.69, 9.17) is 4.98 Å². The van der Waals surface area contributed by atoms with Gasteiger partial charge in [-0.3, -0.25) is 0 Å². The number of hydrogen-bond acceptors (Lipinski definition) is 2. The van der Waals surface area contributed by atoms with Crippen LogP contribution in [0.5, 0.6) is 0 Å². The predicted molar refractivity (Wildman–Crippen MR) is 101 cm³/mol. The molecule has 3 aromatic rings. The average molecular weight is 336 g/mol. The highest BCUT2D eigenvalue weighted by atomic mass is 16.2. The molecule has 0 aliphatic carbocycles. The monoisotopic (exact) mass is 336 g/mol. The molecule has 5 nitrogen and oxygen atoms in total. The Hall–Kier alpha value is -2.82. The van der Waals surface area contributed by atoms with E-state index in [1.54, 1.807) is 0 Å². The van der Waals surface area contributed by atoms with Gasteiger partial charge in [-0.05, 0) is 25.5 Å². The van der Waals surface area contributed by atoms with Crippen LogP contribution in [0.3, 0.4) is 0 Å². The predicted octanol–water partition coefficient (Wildman–Crippen LogP) is 3.80. The second kappa shape index (κ2) is 7.83. The van der Waals surface area contributed by atoms with Crippen molar-refractivity contribution < 1.29 is 4.79 Å². The lowest BCUT2D eigenvalue weighted by Gasteiger charge is -2.14. The van der Waals surface area contributed by atoms with Crippen molar-refractivity contribution in [2.24, 2.45) is 0 Å². The van der Waals surface area contributed by atoms with Crippen molar-refractivity contribution in [3.05, 3.63) is 54.6 Å². The molecule has 0 saturated carbocycles. The number of rotatable bonds is 6.